The van der Waals surface area contributed by atoms with Gasteiger partial charge in [-0.3, -0.25) is 0 Å². The number of allylic oxidation sites excluding steroid dienone is 4. The molecule has 2 heterocycles. The number of fused-ring (bicyclic) bond motifs is 1. The molecule has 0 saturated heterocycles. The van der Waals surface area contributed by atoms with Crippen molar-refractivity contribution in [3.05, 3.63) is 76.9 Å². The molecular weight excluding hydrogens is 304 g/mol. The second kappa shape index (κ2) is 6.37. The summed E-state index contributed by atoms with van der Waals surface area (Å²) in [6.07, 6.45) is 16.7. The van der Waals surface area contributed by atoms with E-state index in [-0.39, 0.29) is 0 Å². The summed E-state index contributed by atoms with van der Waals surface area (Å²) in [6.45, 7) is 0. The van der Waals surface area contributed by atoms with Crippen LogP contribution in [-0.4, -0.2) is 9.55 Å². The van der Waals surface area contributed by atoms with Gasteiger partial charge in [0, 0.05) is 22.8 Å². The molecule has 1 aliphatic carbocycles. The molecule has 0 radical (unpaired) electrons. The number of hydrogen-bond acceptors (Lipinski definition) is 1. The van der Waals surface area contributed by atoms with Gasteiger partial charge in [-0.25, -0.2) is 4.98 Å². The molecule has 118 valence electrons. The molecule has 2 nitrogen and oxygen atoms in total. The lowest BCUT2D eigenvalue weighted by atomic mass is 9.80. The molecule has 1 aromatic heterocycles. The van der Waals surface area contributed by atoms with E-state index in [1.54, 1.807) is 0 Å². The number of hydrogen-bond donors (Lipinski definition) is 0. The Morgan fingerprint density at radius 1 is 1.17 bits per heavy atom. The van der Waals surface area contributed by atoms with E-state index in [9.17, 15) is 0 Å². The van der Waals surface area contributed by atoms with E-state index in [4.69, 9.17) is 11.6 Å². The SMILES string of the molecule is Clc1ccccc1C1CC=CC=C1C1CCCCc2cncn21. The van der Waals surface area contributed by atoms with Crippen LogP contribution in [0.15, 0.2) is 60.6 Å². The minimum atomic E-state index is 0.368. The number of halogens is 1. The molecule has 0 saturated carbocycles. The van der Waals surface area contributed by atoms with Crippen LogP contribution in [0.4, 0.5) is 0 Å². The molecule has 0 fully saturated rings. The van der Waals surface area contributed by atoms with Crippen LogP contribution in [0.3, 0.4) is 0 Å². The van der Waals surface area contributed by atoms with Crippen LogP contribution < -0.4 is 0 Å². The van der Waals surface area contributed by atoms with Crippen LogP contribution in [-0.2, 0) is 6.42 Å². The van der Waals surface area contributed by atoms with Crippen molar-refractivity contribution in [1.82, 2.24) is 9.55 Å². The van der Waals surface area contributed by atoms with Gasteiger partial charge in [-0.05, 0) is 42.9 Å². The van der Waals surface area contributed by atoms with Crippen LogP contribution in [0.1, 0.15) is 48.9 Å². The number of aromatic nitrogens is 2. The molecule has 2 aromatic rings. The van der Waals surface area contributed by atoms with Gasteiger partial charge in [-0.15, -0.1) is 0 Å². The van der Waals surface area contributed by atoms with Crippen LogP contribution in [0.2, 0.25) is 5.02 Å². The molecule has 2 unspecified atom stereocenters. The molecule has 1 aliphatic heterocycles. The number of rotatable bonds is 2. The first-order chi connectivity index (χ1) is 11.3. The van der Waals surface area contributed by atoms with Crippen molar-refractivity contribution in [2.24, 2.45) is 0 Å². The van der Waals surface area contributed by atoms with Crippen molar-refractivity contribution >= 4 is 11.6 Å². The Morgan fingerprint density at radius 3 is 3.00 bits per heavy atom. The fourth-order valence-electron chi connectivity index (χ4n) is 3.97. The fourth-order valence-corrected chi connectivity index (χ4v) is 4.24. The highest BCUT2D eigenvalue weighted by atomic mass is 35.5. The zero-order valence-corrected chi connectivity index (χ0v) is 13.9. The first-order valence-electron chi connectivity index (χ1n) is 8.46. The highest BCUT2D eigenvalue weighted by molar-refractivity contribution is 6.31. The first kappa shape index (κ1) is 14.8. The zero-order valence-electron chi connectivity index (χ0n) is 13.2. The van der Waals surface area contributed by atoms with Crippen molar-refractivity contribution in [3.63, 3.8) is 0 Å². The highest BCUT2D eigenvalue weighted by Gasteiger charge is 2.29. The Morgan fingerprint density at radius 2 is 2.09 bits per heavy atom. The van der Waals surface area contributed by atoms with Crippen LogP contribution in [0.5, 0.6) is 0 Å². The van der Waals surface area contributed by atoms with E-state index in [0.717, 1.165) is 17.9 Å². The maximum absolute atomic E-state index is 6.50. The second-order valence-corrected chi connectivity index (χ2v) is 6.87. The van der Waals surface area contributed by atoms with Gasteiger partial charge < -0.3 is 4.57 Å². The van der Waals surface area contributed by atoms with Gasteiger partial charge in [0.25, 0.3) is 0 Å². The van der Waals surface area contributed by atoms with Crippen LogP contribution in [0, 0.1) is 0 Å². The summed E-state index contributed by atoms with van der Waals surface area (Å²) >= 11 is 6.50. The van der Waals surface area contributed by atoms with Crippen molar-refractivity contribution in [3.8, 4) is 0 Å². The van der Waals surface area contributed by atoms with Crippen molar-refractivity contribution in [2.45, 2.75) is 44.1 Å². The number of imidazole rings is 1. The first-order valence-corrected chi connectivity index (χ1v) is 8.84. The third-order valence-corrected chi connectivity index (χ3v) is 5.45. The summed E-state index contributed by atoms with van der Waals surface area (Å²) in [4.78, 5) is 4.40. The quantitative estimate of drug-likeness (QED) is 0.715. The Balaban J connectivity index is 1.76. The summed E-state index contributed by atoms with van der Waals surface area (Å²) in [5.74, 6) is 0.368. The molecule has 4 rings (SSSR count). The minimum absolute atomic E-state index is 0.368. The van der Waals surface area contributed by atoms with Gasteiger partial charge in [-0.2, -0.15) is 0 Å². The topological polar surface area (TPSA) is 17.8 Å². The zero-order chi connectivity index (χ0) is 15.6. The predicted octanol–water partition coefficient (Wildman–Crippen LogP) is 5.47. The minimum Gasteiger partial charge on any atom is -0.327 e. The summed E-state index contributed by atoms with van der Waals surface area (Å²) < 4.78 is 2.39. The smallest absolute Gasteiger partial charge is 0.0953 e. The van der Waals surface area contributed by atoms with E-state index in [2.05, 4.69) is 39.9 Å². The molecule has 3 heteroatoms. The van der Waals surface area contributed by atoms with E-state index < -0.39 is 0 Å². The molecule has 0 N–H and O–H groups in total. The second-order valence-electron chi connectivity index (χ2n) is 6.46. The average Bonchev–Trinajstić information content (AvgIpc) is 2.95. The van der Waals surface area contributed by atoms with Gasteiger partial charge in [0.05, 0.1) is 12.4 Å². The summed E-state index contributed by atoms with van der Waals surface area (Å²) in [5, 5.41) is 0.873. The van der Waals surface area contributed by atoms with Crippen LogP contribution >= 0.6 is 11.6 Å². The Kier molecular flexibility index (Phi) is 4.09. The van der Waals surface area contributed by atoms with Crippen molar-refractivity contribution in [2.75, 3.05) is 0 Å². The molecule has 1 aromatic carbocycles. The van der Waals surface area contributed by atoms with Gasteiger partial charge in [-0.1, -0.05) is 54.4 Å². The molecule has 0 spiro atoms. The largest absolute Gasteiger partial charge is 0.327 e. The summed E-state index contributed by atoms with van der Waals surface area (Å²) in [7, 11) is 0. The van der Waals surface area contributed by atoms with E-state index in [1.807, 2.05) is 24.7 Å². The number of benzene rings is 1. The molecule has 2 aliphatic rings. The Hall–Kier alpha value is -1.80. The van der Waals surface area contributed by atoms with Gasteiger partial charge in [0.1, 0.15) is 0 Å². The summed E-state index contributed by atoms with van der Waals surface area (Å²) in [5.41, 5.74) is 4.08. The number of nitrogens with zero attached hydrogens (tertiary/aromatic N) is 2. The van der Waals surface area contributed by atoms with Gasteiger partial charge >= 0.3 is 0 Å². The van der Waals surface area contributed by atoms with Gasteiger partial charge in [0.15, 0.2) is 0 Å². The van der Waals surface area contributed by atoms with Gasteiger partial charge in [0.2, 0.25) is 0 Å². The monoisotopic (exact) mass is 324 g/mol. The Labute approximate surface area is 142 Å². The van der Waals surface area contributed by atoms with E-state index in [1.165, 1.54) is 36.1 Å². The Bertz CT molecular complexity index is 757. The molecule has 0 bridgehead atoms. The van der Waals surface area contributed by atoms with Crippen molar-refractivity contribution in [1.29, 1.82) is 0 Å². The average molecular weight is 325 g/mol. The molecular formula is C20H21ClN2. The predicted molar refractivity (Wildman–Crippen MR) is 94.9 cm³/mol. The lowest BCUT2D eigenvalue weighted by molar-refractivity contribution is 0.492. The molecule has 2 atom stereocenters. The maximum Gasteiger partial charge on any atom is 0.0953 e. The standard InChI is InChI=1S/C20H21ClN2/c21-19-11-5-4-9-17(19)16-8-2-3-10-18(16)20-12-6-1-7-15-13-22-14-23(15)20/h2-5,9-11,13-14,16,20H,1,6-8,12H2. The third kappa shape index (κ3) is 2.76. The fraction of sp³-hybridized carbons (Fsp3) is 0.350. The number of aryl methyl sites for hydroxylation is 1. The maximum atomic E-state index is 6.50. The highest BCUT2D eigenvalue weighted by Crippen LogP contribution is 2.43. The van der Waals surface area contributed by atoms with E-state index >= 15 is 0 Å². The molecule has 0 amide bonds. The lowest BCUT2D eigenvalue weighted by Crippen LogP contribution is -2.18. The summed E-state index contributed by atoms with van der Waals surface area (Å²) in [6, 6.07) is 8.68. The normalized spacial score (nSPS) is 24.0. The molecule has 23 heavy (non-hydrogen) atoms. The van der Waals surface area contributed by atoms with E-state index in [0.29, 0.717) is 12.0 Å². The lowest BCUT2D eigenvalue weighted by Gasteiger charge is -2.30. The van der Waals surface area contributed by atoms with Crippen molar-refractivity contribution < 1.29 is 0 Å². The van der Waals surface area contributed by atoms with Crippen LogP contribution in [0.25, 0.3) is 0 Å². The third-order valence-electron chi connectivity index (χ3n) is 5.11.